The average molecular weight is 305 g/mol. The molecule has 0 unspecified atom stereocenters. The highest BCUT2D eigenvalue weighted by Crippen LogP contribution is 2.22. The van der Waals surface area contributed by atoms with Crippen molar-refractivity contribution >= 4 is 5.91 Å². The Morgan fingerprint density at radius 1 is 1.05 bits per heavy atom. The van der Waals surface area contributed by atoms with Crippen molar-refractivity contribution in [1.29, 1.82) is 0 Å². The number of hydrogen-bond acceptors (Lipinski definition) is 3. The number of ether oxygens (including phenoxy) is 1. The lowest BCUT2D eigenvalue weighted by Gasteiger charge is -2.41. The predicted molar refractivity (Wildman–Crippen MR) is 85.6 cm³/mol. The van der Waals surface area contributed by atoms with Gasteiger partial charge in [-0.1, -0.05) is 0 Å². The molecule has 3 heterocycles. The van der Waals surface area contributed by atoms with Crippen LogP contribution < -0.4 is 0 Å². The van der Waals surface area contributed by atoms with Crippen molar-refractivity contribution in [2.24, 2.45) is 0 Å². The molecule has 5 nitrogen and oxygen atoms in total. The molecular formula is C17H27N3O2. The van der Waals surface area contributed by atoms with Gasteiger partial charge < -0.3 is 19.1 Å². The number of carbonyl (C=O) groups excluding carboxylic acids is 1. The first-order valence-electron chi connectivity index (χ1n) is 8.41. The molecule has 0 saturated carbocycles. The Morgan fingerprint density at radius 2 is 1.68 bits per heavy atom. The molecule has 0 bridgehead atoms. The smallest absolute Gasteiger partial charge is 0.242 e. The molecule has 2 aliphatic heterocycles. The summed E-state index contributed by atoms with van der Waals surface area (Å²) < 4.78 is 7.39. The van der Waals surface area contributed by atoms with Crippen molar-refractivity contribution in [2.45, 2.75) is 44.4 Å². The number of amides is 1. The molecule has 2 saturated heterocycles. The van der Waals surface area contributed by atoms with Crippen molar-refractivity contribution in [3.63, 3.8) is 0 Å². The molecule has 0 atom stereocenters. The molecule has 0 N–H and O–H groups in total. The van der Waals surface area contributed by atoms with E-state index in [0.29, 0.717) is 18.7 Å². The summed E-state index contributed by atoms with van der Waals surface area (Å²) in [4.78, 5) is 16.9. The third kappa shape index (κ3) is 3.70. The topological polar surface area (TPSA) is 37.7 Å². The van der Waals surface area contributed by atoms with E-state index in [4.69, 9.17) is 4.74 Å². The Balaban J connectivity index is 1.43. The zero-order valence-corrected chi connectivity index (χ0v) is 13.5. The van der Waals surface area contributed by atoms with E-state index in [1.807, 2.05) is 41.1 Å². The summed E-state index contributed by atoms with van der Waals surface area (Å²) in [7, 11) is 1.81. The van der Waals surface area contributed by atoms with Crippen LogP contribution in [-0.2, 0) is 16.1 Å². The molecule has 122 valence electrons. The van der Waals surface area contributed by atoms with Crippen LogP contribution in [0.25, 0.3) is 0 Å². The van der Waals surface area contributed by atoms with E-state index < -0.39 is 0 Å². The molecule has 0 aromatic carbocycles. The van der Waals surface area contributed by atoms with Gasteiger partial charge in [-0.25, -0.2) is 0 Å². The fourth-order valence-corrected chi connectivity index (χ4v) is 3.69. The molecule has 1 amide bonds. The second kappa shape index (κ2) is 7.29. The first-order chi connectivity index (χ1) is 10.8. The maximum Gasteiger partial charge on any atom is 0.242 e. The summed E-state index contributed by atoms with van der Waals surface area (Å²) in [5, 5.41) is 0. The third-order valence-corrected chi connectivity index (χ3v) is 5.13. The zero-order chi connectivity index (χ0) is 15.4. The summed E-state index contributed by atoms with van der Waals surface area (Å²) >= 11 is 0. The molecule has 5 heteroatoms. The van der Waals surface area contributed by atoms with Gasteiger partial charge in [-0.05, 0) is 37.8 Å². The van der Waals surface area contributed by atoms with Crippen LogP contribution in [0.3, 0.4) is 0 Å². The van der Waals surface area contributed by atoms with Gasteiger partial charge in [-0.15, -0.1) is 0 Å². The van der Waals surface area contributed by atoms with Gasteiger partial charge in [0.2, 0.25) is 5.91 Å². The van der Waals surface area contributed by atoms with Crippen LogP contribution in [0.5, 0.6) is 0 Å². The van der Waals surface area contributed by atoms with Crippen LogP contribution >= 0.6 is 0 Å². The van der Waals surface area contributed by atoms with Crippen LogP contribution in [0.1, 0.15) is 25.7 Å². The molecule has 1 aromatic rings. The largest absolute Gasteiger partial charge is 0.381 e. The molecular weight excluding hydrogens is 278 g/mol. The lowest BCUT2D eigenvalue weighted by molar-refractivity contribution is -0.133. The van der Waals surface area contributed by atoms with Crippen molar-refractivity contribution in [3.8, 4) is 0 Å². The fraction of sp³-hybridized carbons (Fsp3) is 0.706. The van der Waals surface area contributed by atoms with Crippen LogP contribution in [0.4, 0.5) is 0 Å². The molecule has 0 aliphatic carbocycles. The number of aromatic nitrogens is 1. The first kappa shape index (κ1) is 15.6. The minimum absolute atomic E-state index is 0.243. The Bertz CT molecular complexity index is 458. The van der Waals surface area contributed by atoms with Crippen LogP contribution in [0.2, 0.25) is 0 Å². The average Bonchev–Trinajstić information content (AvgIpc) is 3.08. The van der Waals surface area contributed by atoms with Crippen LogP contribution in [0.15, 0.2) is 24.5 Å². The molecule has 1 aromatic heterocycles. The first-order valence-corrected chi connectivity index (χ1v) is 8.41. The van der Waals surface area contributed by atoms with E-state index in [-0.39, 0.29) is 5.91 Å². The Morgan fingerprint density at radius 3 is 2.27 bits per heavy atom. The number of methoxy groups -OCH3 is 1. The molecule has 2 aliphatic rings. The number of hydrogen-bond donors (Lipinski definition) is 0. The van der Waals surface area contributed by atoms with Gasteiger partial charge in [-0.2, -0.15) is 0 Å². The second-order valence-electron chi connectivity index (χ2n) is 6.44. The van der Waals surface area contributed by atoms with Gasteiger partial charge in [0.15, 0.2) is 0 Å². The zero-order valence-electron chi connectivity index (χ0n) is 13.5. The molecule has 0 radical (unpaired) electrons. The number of piperidine rings is 2. The molecule has 22 heavy (non-hydrogen) atoms. The van der Waals surface area contributed by atoms with E-state index >= 15 is 0 Å². The summed E-state index contributed by atoms with van der Waals surface area (Å²) in [6, 6.07) is 4.57. The molecule has 0 spiro atoms. The SMILES string of the molecule is COC1CCN(C2CCN(C(=O)Cn3cccc3)CC2)CC1. The Hall–Kier alpha value is -1.33. The number of nitrogens with zero attached hydrogens (tertiary/aromatic N) is 3. The summed E-state index contributed by atoms with van der Waals surface area (Å²) in [6.45, 7) is 4.54. The van der Waals surface area contributed by atoms with Crippen molar-refractivity contribution < 1.29 is 9.53 Å². The van der Waals surface area contributed by atoms with Gasteiger partial charge in [0.05, 0.1) is 6.10 Å². The lowest BCUT2D eigenvalue weighted by atomic mass is 9.99. The van der Waals surface area contributed by atoms with E-state index in [9.17, 15) is 4.79 Å². The van der Waals surface area contributed by atoms with Gasteiger partial charge in [0.1, 0.15) is 6.54 Å². The quantitative estimate of drug-likeness (QED) is 0.848. The van der Waals surface area contributed by atoms with E-state index in [2.05, 4.69) is 4.90 Å². The van der Waals surface area contributed by atoms with Gasteiger partial charge in [-0.3, -0.25) is 4.79 Å². The lowest BCUT2D eigenvalue weighted by Crippen LogP contribution is -2.50. The van der Waals surface area contributed by atoms with Crippen molar-refractivity contribution in [2.75, 3.05) is 33.3 Å². The number of carbonyl (C=O) groups is 1. The van der Waals surface area contributed by atoms with E-state index in [0.717, 1.165) is 51.9 Å². The summed E-state index contributed by atoms with van der Waals surface area (Å²) in [6.07, 6.45) is 8.84. The highest BCUT2D eigenvalue weighted by Gasteiger charge is 2.29. The summed E-state index contributed by atoms with van der Waals surface area (Å²) in [5.41, 5.74) is 0. The second-order valence-corrected chi connectivity index (χ2v) is 6.44. The molecule has 3 rings (SSSR count). The van der Waals surface area contributed by atoms with Crippen LogP contribution in [-0.4, -0.2) is 65.7 Å². The van der Waals surface area contributed by atoms with Gasteiger partial charge >= 0.3 is 0 Å². The van der Waals surface area contributed by atoms with Crippen LogP contribution in [0, 0.1) is 0 Å². The predicted octanol–water partition coefficient (Wildman–Crippen LogP) is 1.59. The highest BCUT2D eigenvalue weighted by atomic mass is 16.5. The Labute approximate surface area is 132 Å². The normalized spacial score (nSPS) is 22.1. The number of rotatable bonds is 4. The van der Waals surface area contributed by atoms with E-state index in [1.165, 1.54) is 0 Å². The monoisotopic (exact) mass is 305 g/mol. The minimum atomic E-state index is 0.243. The van der Waals surface area contributed by atoms with Gasteiger partial charge in [0.25, 0.3) is 0 Å². The number of likely N-dealkylation sites (tertiary alicyclic amines) is 2. The van der Waals surface area contributed by atoms with Crippen molar-refractivity contribution in [3.05, 3.63) is 24.5 Å². The maximum atomic E-state index is 12.3. The third-order valence-electron chi connectivity index (χ3n) is 5.13. The van der Waals surface area contributed by atoms with Gasteiger partial charge in [0, 0.05) is 51.7 Å². The maximum absolute atomic E-state index is 12.3. The Kier molecular flexibility index (Phi) is 5.16. The molecule has 2 fully saturated rings. The standard InChI is InChI=1S/C17H27N3O2/c1-22-16-6-12-19(13-7-16)15-4-10-20(11-5-15)17(21)14-18-8-2-3-9-18/h2-3,8-9,15-16H,4-7,10-14H2,1H3. The fourth-order valence-electron chi connectivity index (χ4n) is 3.69. The van der Waals surface area contributed by atoms with Crippen molar-refractivity contribution in [1.82, 2.24) is 14.4 Å². The van der Waals surface area contributed by atoms with E-state index in [1.54, 1.807) is 0 Å². The minimum Gasteiger partial charge on any atom is -0.381 e. The summed E-state index contributed by atoms with van der Waals surface area (Å²) in [5.74, 6) is 0.243. The highest BCUT2D eigenvalue weighted by molar-refractivity contribution is 5.76.